The Bertz CT molecular complexity index is 980. The molecule has 0 unspecified atom stereocenters. The van der Waals surface area contributed by atoms with Crippen LogP contribution in [-0.2, 0) is 21.4 Å². The van der Waals surface area contributed by atoms with Crippen LogP contribution in [0.1, 0.15) is 5.89 Å². The van der Waals surface area contributed by atoms with Crippen molar-refractivity contribution in [3.63, 3.8) is 0 Å². The van der Waals surface area contributed by atoms with Gasteiger partial charge in [0.1, 0.15) is 12.3 Å². The lowest BCUT2D eigenvalue weighted by molar-refractivity contribution is 0.160. The average Bonchev–Trinajstić information content (AvgIpc) is 2.99. The van der Waals surface area contributed by atoms with Crippen molar-refractivity contribution in [2.75, 3.05) is 7.11 Å². The fourth-order valence-electron chi connectivity index (χ4n) is 2.34. The van der Waals surface area contributed by atoms with Gasteiger partial charge in [0.2, 0.25) is 15.9 Å². The molecule has 0 bridgehead atoms. The molecule has 130 valence electrons. The molecule has 0 aliphatic carbocycles. The Hall–Kier alpha value is -2.19. The molecule has 0 aliphatic rings. The maximum atomic E-state index is 11.4. The second kappa shape index (κ2) is 6.97. The van der Waals surface area contributed by atoms with Crippen molar-refractivity contribution in [2.24, 2.45) is 5.14 Å². The third kappa shape index (κ3) is 3.91. The summed E-state index contributed by atoms with van der Waals surface area (Å²) in [5.74, 6) is 0.963. The number of sulfonamides is 1. The van der Waals surface area contributed by atoms with Crippen LogP contribution in [0.4, 0.5) is 0 Å². The highest BCUT2D eigenvalue weighted by Gasteiger charge is 2.18. The third-order valence-corrected chi connectivity index (χ3v) is 4.68. The SMILES string of the molecule is COCc1nc(-c2ccc(S(N)(=O)=O)cc2)c(-c2ccc(Cl)cc2)o1. The molecule has 0 aliphatic heterocycles. The number of nitrogens with two attached hydrogens (primary N) is 1. The predicted molar refractivity (Wildman–Crippen MR) is 94.5 cm³/mol. The minimum absolute atomic E-state index is 0.0323. The number of hydrogen-bond donors (Lipinski definition) is 1. The van der Waals surface area contributed by atoms with E-state index >= 15 is 0 Å². The van der Waals surface area contributed by atoms with Gasteiger partial charge in [0.25, 0.3) is 0 Å². The van der Waals surface area contributed by atoms with Gasteiger partial charge in [-0.2, -0.15) is 0 Å². The standard InChI is InChI=1S/C17H15ClN2O4S/c1-23-10-15-20-16(11-4-8-14(9-5-11)25(19,21)22)17(24-15)12-2-6-13(18)7-3-12/h2-9H,10H2,1H3,(H2,19,21,22). The lowest BCUT2D eigenvalue weighted by Crippen LogP contribution is -2.11. The summed E-state index contributed by atoms with van der Waals surface area (Å²) < 4.78 is 33.7. The molecule has 2 N–H and O–H groups in total. The summed E-state index contributed by atoms with van der Waals surface area (Å²) in [5.41, 5.74) is 2.07. The lowest BCUT2D eigenvalue weighted by atomic mass is 10.1. The van der Waals surface area contributed by atoms with Crippen molar-refractivity contribution in [3.8, 4) is 22.6 Å². The first-order chi connectivity index (χ1) is 11.9. The van der Waals surface area contributed by atoms with Gasteiger partial charge in [-0.05, 0) is 36.4 Å². The number of rotatable bonds is 5. The Morgan fingerprint density at radius 3 is 2.24 bits per heavy atom. The van der Waals surface area contributed by atoms with Gasteiger partial charge in [-0.3, -0.25) is 0 Å². The van der Waals surface area contributed by atoms with E-state index in [1.54, 1.807) is 31.4 Å². The van der Waals surface area contributed by atoms with Crippen LogP contribution in [0.5, 0.6) is 0 Å². The number of oxazole rings is 1. The number of aromatic nitrogens is 1. The Labute approximate surface area is 150 Å². The smallest absolute Gasteiger partial charge is 0.238 e. The molecule has 3 rings (SSSR count). The van der Waals surface area contributed by atoms with Gasteiger partial charge in [-0.1, -0.05) is 23.7 Å². The van der Waals surface area contributed by atoms with E-state index in [1.165, 1.54) is 12.1 Å². The van der Waals surface area contributed by atoms with E-state index in [-0.39, 0.29) is 11.5 Å². The summed E-state index contributed by atoms with van der Waals surface area (Å²) in [6, 6.07) is 13.3. The molecule has 0 fully saturated rings. The van der Waals surface area contributed by atoms with E-state index in [9.17, 15) is 8.42 Å². The number of benzene rings is 2. The molecule has 0 spiro atoms. The van der Waals surface area contributed by atoms with Crippen LogP contribution in [0.25, 0.3) is 22.6 Å². The second-order valence-electron chi connectivity index (χ2n) is 5.29. The Kier molecular flexibility index (Phi) is 4.91. The molecule has 0 amide bonds. The predicted octanol–water partition coefficient (Wildman–Crippen LogP) is 3.46. The van der Waals surface area contributed by atoms with Gasteiger partial charge in [-0.25, -0.2) is 18.5 Å². The number of hydrogen-bond acceptors (Lipinski definition) is 5. The van der Waals surface area contributed by atoms with Crippen molar-refractivity contribution >= 4 is 21.6 Å². The molecule has 0 saturated heterocycles. The normalized spacial score (nSPS) is 11.6. The van der Waals surface area contributed by atoms with Gasteiger partial charge in [0.15, 0.2) is 5.76 Å². The molecular weight excluding hydrogens is 364 g/mol. The zero-order valence-corrected chi connectivity index (χ0v) is 14.8. The summed E-state index contributed by atoms with van der Waals surface area (Å²) in [6.07, 6.45) is 0. The molecule has 8 heteroatoms. The maximum Gasteiger partial charge on any atom is 0.238 e. The van der Waals surface area contributed by atoms with Gasteiger partial charge >= 0.3 is 0 Å². The first-order valence-corrected chi connectivity index (χ1v) is 9.19. The van der Waals surface area contributed by atoms with E-state index in [2.05, 4.69) is 4.98 Å². The Balaban J connectivity index is 2.09. The molecular formula is C17H15ClN2O4S. The number of halogens is 1. The van der Waals surface area contributed by atoms with Crippen LogP contribution in [0.3, 0.4) is 0 Å². The number of ether oxygens (including phenoxy) is 1. The summed E-state index contributed by atoms with van der Waals surface area (Å²) in [4.78, 5) is 4.49. The fourth-order valence-corrected chi connectivity index (χ4v) is 2.99. The minimum Gasteiger partial charge on any atom is -0.437 e. The van der Waals surface area contributed by atoms with Crippen molar-refractivity contribution in [2.45, 2.75) is 11.5 Å². The minimum atomic E-state index is -3.75. The summed E-state index contributed by atoms with van der Waals surface area (Å²) in [7, 11) is -2.20. The van der Waals surface area contributed by atoms with Gasteiger partial charge in [0.05, 0.1) is 4.90 Å². The molecule has 1 aromatic heterocycles. The molecule has 3 aromatic rings. The van der Waals surface area contributed by atoms with Crippen molar-refractivity contribution < 1.29 is 17.6 Å². The highest BCUT2D eigenvalue weighted by Crippen LogP contribution is 2.33. The Morgan fingerprint density at radius 1 is 1.08 bits per heavy atom. The number of primary sulfonamides is 1. The maximum absolute atomic E-state index is 11.4. The molecule has 6 nitrogen and oxygen atoms in total. The monoisotopic (exact) mass is 378 g/mol. The highest BCUT2D eigenvalue weighted by atomic mass is 35.5. The van der Waals surface area contributed by atoms with Crippen molar-refractivity contribution in [1.29, 1.82) is 0 Å². The molecule has 1 heterocycles. The molecule has 0 radical (unpaired) electrons. The lowest BCUT2D eigenvalue weighted by Gasteiger charge is -2.03. The molecule has 0 saturated carbocycles. The van der Waals surface area contributed by atoms with Crippen LogP contribution in [0, 0.1) is 0 Å². The van der Waals surface area contributed by atoms with Crippen LogP contribution < -0.4 is 5.14 Å². The van der Waals surface area contributed by atoms with E-state index in [0.717, 1.165) is 5.56 Å². The van der Waals surface area contributed by atoms with Crippen molar-refractivity contribution in [1.82, 2.24) is 4.98 Å². The van der Waals surface area contributed by atoms with E-state index in [4.69, 9.17) is 25.9 Å². The molecule has 0 atom stereocenters. The number of methoxy groups -OCH3 is 1. The van der Waals surface area contributed by atoms with Crippen LogP contribution in [-0.4, -0.2) is 20.5 Å². The summed E-state index contributed by atoms with van der Waals surface area (Å²) >= 11 is 5.94. The van der Waals surface area contributed by atoms with E-state index in [0.29, 0.717) is 27.9 Å². The fraction of sp³-hybridized carbons (Fsp3) is 0.118. The first kappa shape index (κ1) is 17.6. The average molecular weight is 379 g/mol. The van der Waals surface area contributed by atoms with Crippen LogP contribution in [0.2, 0.25) is 5.02 Å². The van der Waals surface area contributed by atoms with Gasteiger partial charge in [-0.15, -0.1) is 0 Å². The van der Waals surface area contributed by atoms with Gasteiger partial charge in [0, 0.05) is 23.3 Å². The Morgan fingerprint density at radius 2 is 1.68 bits per heavy atom. The first-order valence-electron chi connectivity index (χ1n) is 7.26. The van der Waals surface area contributed by atoms with Crippen LogP contribution in [0.15, 0.2) is 57.8 Å². The zero-order chi connectivity index (χ0) is 18.0. The van der Waals surface area contributed by atoms with E-state index < -0.39 is 10.0 Å². The zero-order valence-electron chi connectivity index (χ0n) is 13.3. The molecule has 25 heavy (non-hydrogen) atoms. The van der Waals surface area contributed by atoms with Crippen LogP contribution >= 0.6 is 11.6 Å². The highest BCUT2D eigenvalue weighted by molar-refractivity contribution is 7.89. The van der Waals surface area contributed by atoms with Crippen molar-refractivity contribution in [3.05, 3.63) is 59.4 Å². The molecule has 2 aromatic carbocycles. The largest absolute Gasteiger partial charge is 0.437 e. The van der Waals surface area contributed by atoms with E-state index in [1.807, 2.05) is 12.1 Å². The summed E-state index contributed by atoms with van der Waals surface area (Å²) in [6.45, 7) is 0.218. The van der Waals surface area contributed by atoms with Gasteiger partial charge < -0.3 is 9.15 Å². The summed E-state index contributed by atoms with van der Waals surface area (Å²) in [5, 5.41) is 5.74. The second-order valence-corrected chi connectivity index (χ2v) is 7.29. The third-order valence-electron chi connectivity index (χ3n) is 3.50. The quantitative estimate of drug-likeness (QED) is 0.733. The number of nitrogens with zero attached hydrogens (tertiary/aromatic N) is 1. The topological polar surface area (TPSA) is 95.4 Å².